The lowest BCUT2D eigenvalue weighted by Crippen LogP contribution is -2.42. The summed E-state index contributed by atoms with van der Waals surface area (Å²) in [4.78, 5) is 0. The Bertz CT molecular complexity index is 708. The van der Waals surface area contributed by atoms with E-state index in [1.807, 2.05) is 18.2 Å². The zero-order valence-electron chi connectivity index (χ0n) is 16.8. The van der Waals surface area contributed by atoms with E-state index in [4.69, 9.17) is 9.16 Å². The molecule has 0 bridgehead atoms. The highest BCUT2D eigenvalue weighted by Gasteiger charge is 2.39. The molecule has 0 radical (unpaired) electrons. The Morgan fingerprint density at radius 2 is 1.69 bits per heavy atom. The van der Waals surface area contributed by atoms with Gasteiger partial charge in [-0.05, 0) is 53.9 Å². The Morgan fingerprint density at radius 1 is 1.04 bits per heavy atom. The first-order valence-corrected chi connectivity index (χ1v) is 13.2. The molecule has 0 amide bonds. The molecule has 1 unspecified atom stereocenters. The van der Waals surface area contributed by atoms with Crippen molar-refractivity contribution in [1.29, 1.82) is 0 Å². The van der Waals surface area contributed by atoms with Gasteiger partial charge >= 0.3 is 0 Å². The van der Waals surface area contributed by atoms with Crippen LogP contribution in [0.25, 0.3) is 0 Å². The van der Waals surface area contributed by atoms with Gasteiger partial charge in [-0.3, -0.25) is 0 Å². The number of hydrogen-bond acceptors (Lipinski definition) is 2. The van der Waals surface area contributed by atoms with Crippen LogP contribution in [0.4, 0.5) is 0 Å². The summed E-state index contributed by atoms with van der Waals surface area (Å²) in [6, 6.07) is 16.6. The molecule has 0 saturated heterocycles. The summed E-state index contributed by atoms with van der Waals surface area (Å²) in [5.74, 6) is 0.929. The van der Waals surface area contributed by atoms with Gasteiger partial charge in [0.15, 0.2) is 8.32 Å². The molecular formula is C22H31BrO2Si. The van der Waals surface area contributed by atoms with Crippen LogP contribution in [-0.2, 0) is 11.0 Å². The van der Waals surface area contributed by atoms with Crippen LogP contribution in [0.2, 0.25) is 18.1 Å². The molecule has 0 aliphatic heterocycles. The predicted molar refractivity (Wildman–Crippen MR) is 117 cm³/mol. The molecule has 0 aliphatic carbocycles. The van der Waals surface area contributed by atoms with Crippen LogP contribution in [0.15, 0.2) is 48.5 Å². The molecule has 0 aromatic heterocycles. The fourth-order valence-corrected chi connectivity index (χ4v) is 4.53. The first kappa shape index (κ1) is 21.2. The van der Waals surface area contributed by atoms with E-state index in [2.05, 4.69) is 87.1 Å². The minimum absolute atomic E-state index is 0.0674. The van der Waals surface area contributed by atoms with Gasteiger partial charge in [-0.15, -0.1) is 0 Å². The molecule has 26 heavy (non-hydrogen) atoms. The summed E-state index contributed by atoms with van der Waals surface area (Å²) in [5.41, 5.74) is 3.52. The number of ether oxygens (including phenoxy) is 1. The normalized spacial score (nSPS) is 13.5. The maximum Gasteiger partial charge on any atom is 0.192 e. The standard InChI is InChI=1S/C22H31BrO2Si/c1-17-14-19(21(15-23)25-26(5,6)22(2,3)4)12-13-20(17)24-16-18-10-8-7-9-11-18/h7-14,21H,15-16H2,1-6H3. The molecule has 0 aliphatic rings. The Morgan fingerprint density at radius 3 is 2.23 bits per heavy atom. The summed E-state index contributed by atoms with van der Waals surface area (Å²) >= 11 is 3.64. The van der Waals surface area contributed by atoms with Crippen molar-refractivity contribution in [3.63, 3.8) is 0 Å². The van der Waals surface area contributed by atoms with Gasteiger partial charge in [0, 0.05) is 5.33 Å². The molecule has 2 rings (SSSR count). The van der Waals surface area contributed by atoms with Crippen LogP contribution < -0.4 is 4.74 Å². The van der Waals surface area contributed by atoms with Crippen molar-refractivity contribution >= 4 is 24.2 Å². The van der Waals surface area contributed by atoms with Gasteiger partial charge in [0.2, 0.25) is 0 Å². The van der Waals surface area contributed by atoms with Gasteiger partial charge in [0.05, 0.1) is 6.10 Å². The van der Waals surface area contributed by atoms with E-state index < -0.39 is 8.32 Å². The minimum Gasteiger partial charge on any atom is -0.489 e. The maximum absolute atomic E-state index is 6.61. The molecule has 2 aromatic rings. The number of hydrogen-bond donors (Lipinski definition) is 0. The molecule has 2 aromatic carbocycles. The zero-order valence-corrected chi connectivity index (χ0v) is 19.4. The molecule has 142 valence electrons. The van der Waals surface area contributed by atoms with E-state index >= 15 is 0 Å². The number of alkyl halides is 1. The van der Waals surface area contributed by atoms with Gasteiger partial charge in [-0.25, -0.2) is 0 Å². The lowest BCUT2D eigenvalue weighted by Gasteiger charge is -2.39. The maximum atomic E-state index is 6.61. The van der Waals surface area contributed by atoms with E-state index in [-0.39, 0.29) is 11.1 Å². The van der Waals surface area contributed by atoms with E-state index in [1.54, 1.807) is 0 Å². The average Bonchev–Trinajstić information content (AvgIpc) is 2.58. The van der Waals surface area contributed by atoms with Crippen molar-refractivity contribution in [1.82, 2.24) is 0 Å². The number of aryl methyl sites for hydroxylation is 1. The number of benzene rings is 2. The third kappa shape index (κ3) is 5.45. The summed E-state index contributed by atoms with van der Waals surface area (Å²) in [5, 5.41) is 0.990. The zero-order chi connectivity index (χ0) is 19.4. The van der Waals surface area contributed by atoms with Gasteiger partial charge < -0.3 is 9.16 Å². The largest absolute Gasteiger partial charge is 0.489 e. The second kappa shape index (κ2) is 8.72. The summed E-state index contributed by atoms with van der Waals surface area (Å²) in [7, 11) is -1.82. The monoisotopic (exact) mass is 434 g/mol. The number of rotatable bonds is 7. The topological polar surface area (TPSA) is 18.5 Å². The second-order valence-electron chi connectivity index (χ2n) is 8.32. The summed E-state index contributed by atoms with van der Waals surface area (Å²) in [6.07, 6.45) is 0.0674. The van der Waals surface area contributed by atoms with E-state index in [1.165, 1.54) is 11.1 Å². The molecule has 0 fully saturated rings. The first-order chi connectivity index (χ1) is 12.1. The molecule has 0 spiro atoms. The van der Waals surface area contributed by atoms with Crippen LogP contribution in [0.3, 0.4) is 0 Å². The highest BCUT2D eigenvalue weighted by molar-refractivity contribution is 9.09. The molecular weight excluding hydrogens is 404 g/mol. The van der Waals surface area contributed by atoms with Crippen molar-refractivity contribution in [3.8, 4) is 5.75 Å². The molecule has 1 atom stereocenters. The molecule has 0 heterocycles. The first-order valence-electron chi connectivity index (χ1n) is 9.15. The summed E-state index contributed by atoms with van der Waals surface area (Å²) in [6.45, 7) is 14.1. The average molecular weight is 435 g/mol. The van der Waals surface area contributed by atoms with E-state index in [0.717, 1.165) is 16.6 Å². The quantitative estimate of drug-likeness (QED) is 0.343. The lowest BCUT2D eigenvalue weighted by atomic mass is 10.1. The van der Waals surface area contributed by atoms with Gasteiger partial charge in [-0.1, -0.05) is 73.1 Å². The van der Waals surface area contributed by atoms with Crippen LogP contribution in [0, 0.1) is 6.92 Å². The highest BCUT2D eigenvalue weighted by Crippen LogP contribution is 2.40. The van der Waals surface area contributed by atoms with Crippen LogP contribution in [0.5, 0.6) is 5.75 Å². The fourth-order valence-electron chi connectivity index (χ4n) is 2.49. The van der Waals surface area contributed by atoms with Crippen LogP contribution in [0.1, 0.15) is 43.6 Å². The van der Waals surface area contributed by atoms with E-state index in [9.17, 15) is 0 Å². The molecule has 2 nitrogen and oxygen atoms in total. The van der Waals surface area contributed by atoms with Crippen molar-refractivity contribution in [3.05, 3.63) is 65.2 Å². The number of halogens is 1. The summed E-state index contributed by atoms with van der Waals surface area (Å²) < 4.78 is 12.6. The Hall–Kier alpha value is -1.10. The van der Waals surface area contributed by atoms with Crippen molar-refractivity contribution in [2.24, 2.45) is 0 Å². The highest BCUT2D eigenvalue weighted by atomic mass is 79.9. The third-order valence-electron chi connectivity index (χ3n) is 5.19. The van der Waals surface area contributed by atoms with Crippen molar-refractivity contribution in [2.75, 3.05) is 5.33 Å². The molecule has 0 saturated carbocycles. The SMILES string of the molecule is Cc1cc(C(CBr)O[Si](C)(C)C(C)(C)C)ccc1OCc1ccccc1. The fraction of sp³-hybridized carbons (Fsp3) is 0.455. The lowest BCUT2D eigenvalue weighted by molar-refractivity contribution is 0.208. The van der Waals surface area contributed by atoms with E-state index in [0.29, 0.717) is 6.61 Å². The smallest absolute Gasteiger partial charge is 0.192 e. The Labute approximate surface area is 168 Å². The van der Waals surface area contributed by atoms with Crippen molar-refractivity contribution in [2.45, 2.75) is 58.5 Å². The van der Waals surface area contributed by atoms with Crippen LogP contribution >= 0.6 is 15.9 Å². The molecule has 4 heteroatoms. The Kier molecular flexibility index (Phi) is 7.11. The molecule has 0 N–H and O–H groups in total. The van der Waals surface area contributed by atoms with Crippen molar-refractivity contribution < 1.29 is 9.16 Å². The third-order valence-corrected chi connectivity index (χ3v) is 10.3. The van der Waals surface area contributed by atoms with Gasteiger partial charge in [-0.2, -0.15) is 0 Å². The van der Waals surface area contributed by atoms with Gasteiger partial charge in [0.25, 0.3) is 0 Å². The Balaban J connectivity index is 2.11. The van der Waals surface area contributed by atoms with Gasteiger partial charge in [0.1, 0.15) is 12.4 Å². The van der Waals surface area contributed by atoms with Crippen LogP contribution in [-0.4, -0.2) is 13.6 Å². The minimum atomic E-state index is -1.82. The second-order valence-corrected chi connectivity index (χ2v) is 13.7. The predicted octanol–water partition coefficient (Wildman–Crippen LogP) is 7.03.